The van der Waals surface area contributed by atoms with Crippen LogP contribution in [0.5, 0.6) is 5.75 Å². The number of rotatable bonds is 4. The number of carbonyl (C=O) groups is 1. The Balaban J connectivity index is 1.46. The largest absolute Gasteiger partial charge is 0.484 e. The van der Waals surface area contributed by atoms with Crippen molar-refractivity contribution in [2.24, 2.45) is 5.92 Å². The third-order valence-corrected chi connectivity index (χ3v) is 6.01. The van der Waals surface area contributed by atoms with Crippen LogP contribution in [0.4, 0.5) is 5.82 Å². The molecule has 0 unspecified atom stereocenters. The van der Waals surface area contributed by atoms with Crippen LogP contribution in [0.15, 0.2) is 24.3 Å². The van der Waals surface area contributed by atoms with E-state index in [2.05, 4.69) is 16.8 Å². The van der Waals surface area contributed by atoms with E-state index in [4.69, 9.17) is 21.3 Å². The van der Waals surface area contributed by atoms with E-state index in [1.807, 2.05) is 11.8 Å². The average molecular weight is 415 g/mol. The van der Waals surface area contributed by atoms with E-state index >= 15 is 0 Å². The van der Waals surface area contributed by atoms with E-state index in [0.717, 1.165) is 48.3 Å². The first-order chi connectivity index (χ1) is 14.0. The first-order valence-corrected chi connectivity index (χ1v) is 10.6. The maximum atomic E-state index is 12.8. The molecule has 1 aromatic heterocycles. The van der Waals surface area contributed by atoms with Crippen molar-refractivity contribution in [3.63, 3.8) is 0 Å². The highest BCUT2D eigenvalue weighted by atomic mass is 35.5. The molecular weight excluding hydrogens is 388 g/mol. The van der Waals surface area contributed by atoms with Crippen LogP contribution in [0, 0.1) is 12.8 Å². The molecular formula is C22H27ClN4O2. The number of piperidine rings is 1. The van der Waals surface area contributed by atoms with E-state index in [9.17, 15) is 4.79 Å². The number of ether oxygens (including phenoxy) is 1. The number of fused-ring (bicyclic) bond motifs is 1. The molecule has 0 spiro atoms. The van der Waals surface area contributed by atoms with Gasteiger partial charge in [-0.05, 0) is 49.9 Å². The van der Waals surface area contributed by atoms with Gasteiger partial charge in [0.25, 0.3) is 5.91 Å². The fourth-order valence-corrected chi connectivity index (χ4v) is 4.11. The minimum Gasteiger partial charge on any atom is -0.484 e. The van der Waals surface area contributed by atoms with Crippen LogP contribution in [0.2, 0.25) is 5.02 Å². The normalized spacial score (nSPS) is 17.2. The van der Waals surface area contributed by atoms with Gasteiger partial charge in [-0.2, -0.15) is 0 Å². The predicted molar refractivity (Wildman–Crippen MR) is 113 cm³/mol. The molecule has 2 aliphatic heterocycles. The standard InChI is InChI=1S/C22H27ClN4O2/c1-15-7-10-26(11-8-15)22-19-13-27(12-9-20(19)24-16(2)25-22)21(28)14-29-18-5-3-17(23)4-6-18/h3-6,15H,7-14H2,1-2H3. The molecule has 29 heavy (non-hydrogen) atoms. The first-order valence-electron chi connectivity index (χ1n) is 10.3. The zero-order valence-electron chi connectivity index (χ0n) is 17.0. The molecule has 0 saturated carbocycles. The molecule has 6 nitrogen and oxygen atoms in total. The smallest absolute Gasteiger partial charge is 0.260 e. The Morgan fingerprint density at radius 2 is 1.90 bits per heavy atom. The zero-order chi connectivity index (χ0) is 20.4. The fraction of sp³-hybridized carbons (Fsp3) is 0.500. The Morgan fingerprint density at radius 3 is 2.62 bits per heavy atom. The summed E-state index contributed by atoms with van der Waals surface area (Å²) in [5, 5.41) is 0.645. The van der Waals surface area contributed by atoms with Gasteiger partial charge in [0.05, 0.1) is 12.2 Å². The van der Waals surface area contributed by atoms with Crippen LogP contribution in [-0.2, 0) is 17.8 Å². The molecule has 1 amide bonds. The van der Waals surface area contributed by atoms with Crippen LogP contribution in [0.1, 0.15) is 36.8 Å². The van der Waals surface area contributed by atoms with Crippen LogP contribution in [0.25, 0.3) is 0 Å². The van der Waals surface area contributed by atoms with Crippen molar-refractivity contribution < 1.29 is 9.53 Å². The molecule has 0 N–H and O–H groups in total. The number of nitrogens with zero attached hydrogens (tertiary/aromatic N) is 4. The highest BCUT2D eigenvalue weighted by Gasteiger charge is 2.28. The van der Waals surface area contributed by atoms with Gasteiger partial charge in [0, 0.05) is 36.6 Å². The summed E-state index contributed by atoms with van der Waals surface area (Å²) < 4.78 is 5.65. The minimum absolute atomic E-state index is 0.0141. The molecule has 0 aliphatic carbocycles. The zero-order valence-corrected chi connectivity index (χ0v) is 17.8. The quantitative estimate of drug-likeness (QED) is 0.764. The molecule has 2 aliphatic rings. The lowest BCUT2D eigenvalue weighted by Crippen LogP contribution is -2.41. The molecule has 1 aromatic carbocycles. The summed E-state index contributed by atoms with van der Waals surface area (Å²) in [6.45, 7) is 7.49. The number of halogens is 1. The minimum atomic E-state index is -0.0237. The van der Waals surface area contributed by atoms with E-state index in [1.165, 1.54) is 12.8 Å². The van der Waals surface area contributed by atoms with Crippen molar-refractivity contribution in [3.05, 3.63) is 46.4 Å². The Hall–Kier alpha value is -2.34. The highest BCUT2D eigenvalue weighted by molar-refractivity contribution is 6.30. The second-order valence-corrected chi connectivity index (χ2v) is 8.43. The summed E-state index contributed by atoms with van der Waals surface area (Å²) >= 11 is 5.90. The van der Waals surface area contributed by atoms with Crippen LogP contribution >= 0.6 is 11.6 Å². The Kier molecular flexibility index (Phi) is 5.90. The van der Waals surface area contributed by atoms with Gasteiger partial charge in [-0.15, -0.1) is 0 Å². The number of carbonyl (C=O) groups excluding carboxylic acids is 1. The molecule has 0 bridgehead atoms. The van der Waals surface area contributed by atoms with E-state index in [0.29, 0.717) is 23.9 Å². The highest BCUT2D eigenvalue weighted by Crippen LogP contribution is 2.30. The van der Waals surface area contributed by atoms with E-state index < -0.39 is 0 Å². The van der Waals surface area contributed by atoms with Crippen molar-refractivity contribution in [2.45, 2.75) is 39.7 Å². The lowest BCUT2D eigenvalue weighted by Gasteiger charge is -2.36. The van der Waals surface area contributed by atoms with Crippen molar-refractivity contribution in [3.8, 4) is 5.75 Å². The van der Waals surface area contributed by atoms with Gasteiger partial charge in [0.2, 0.25) is 0 Å². The van der Waals surface area contributed by atoms with Gasteiger partial charge in [0.15, 0.2) is 6.61 Å². The van der Waals surface area contributed by atoms with Crippen LogP contribution < -0.4 is 9.64 Å². The fourth-order valence-electron chi connectivity index (χ4n) is 3.98. The van der Waals surface area contributed by atoms with Crippen molar-refractivity contribution in [1.29, 1.82) is 0 Å². The number of hydrogen-bond donors (Lipinski definition) is 0. The molecule has 1 saturated heterocycles. The first kappa shape index (κ1) is 20.0. The maximum absolute atomic E-state index is 12.8. The van der Waals surface area contributed by atoms with Crippen molar-refractivity contribution in [2.75, 3.05) is 31.1 Å². The third-order valence-electron chi connectivity index (χ3n) is 5.76. The predicted octanol–water partition coefficient (Wildman–Crippen LogP) is 3.64. The van der Waals surface area contributed by atoms with Crippen molar-refractivity contribution in [1.82, 2.24) is 14.9 Å². The van der Waals surface area contributed by atoms with Gasteiger partial charge in [-0.1, -0.05) is 18.5 Å². The summed E-state index contributed by atoms with van der Waals surface area (Å²) in [5.41, 5.74) is 2.17. The molecule has 7 heteroatoms. The van der Waals surface area contributed by atoms with Gasteiger partial charge in [-0.3, -0.25) is 4.79 Å². The van der Waals surface area contributed by atoms with Crippen LogP contribution in [-0.4, -0.2) is 47.0 Å². The van der Waals surface area contributed by atoms with Gasteiger partial charge in [0.1, 0.15) is 17.4 Å². The second kappa shape index (κ2) is 8.57. The second-order valence-electron chi connectivity index (χ2n) is 8.00. The Bertz CT molecular complexity index is 879. The number of aryl methyl sites for hydroxylation is 1. The van der Waals surface area contributed by atoms with Crippen molar-refractivity contribution >= 4 is 23.3 Å². The average Bonchev–Trinajstić information content (AvgIpc) is 2.73. The molecule has 154 valence electrons. The molecule has 3 heterocycles. The molecule has 1 fully saturated rings. The van der Waals surface area contributed by atoms with Gasteiger partial charge < -0.3 is 14.5 Å². The molecule has 0 radical (unpaired) electrons. The summed E-state index contributed by atoms with van der Waals surface area (Å²) in [6, 6.07) is 7.05. The number of anilines is 1. The summed E-state index contributed by atoms with van der Waals surface area (Å²) in [5.74, 6) is 3.19. The van der Waals surface area contributed by atoms with Crippen LogP contribution in [0.3, 0.4) is 0 Å². The third kappa shape index (κ3) is 4.64. The van der Waals surface area contributed by atoms with E-state index in [1.54, 1.807) is 24.3 Å². The summed E-state index contributed by atoms with van der Waals surface area (Å²) in [6.07, 6.45) is 3.10. The lowest BCUT2D eigenvalue weighted by atomic mass is 9.98. The van der Waals surface area contributed by atoms with E-state index in [-0.39, 0.29) is 12.5 Å². The molecule has 2 aromatic rings. The Morgan fingerprint density at radius 1 is 1.17 bits per heavy atom. The topological polar surface area (TPSA) is 58.6 Å². The SMILES string of the molecule is Cc1nc2c(c(N3CCC(C)CC3)n1)CN(C(=O)COc1ccc(Cl)cc1)CC2. The summed E-state index contributed by atoms with van der Waals surface area (Å²) in [4.78, 5) is 26.4. The number of benzene rings is 1. The molecule has 4 rings (SSSR count). The number of hydrogen-bond acceptors (Lipinski definition) is 5. The Labute approximate surface area is 176 Å². The van der Waals surface area contributed by atoms with Gasteiger partial charge >= 0.3 is 0 Å². The lowest BCUT2D eigenvalue weighted by molar-refractivity contribution is -0.134. The number of amides is 1. The monoisotopic (exact) mass is 414 g/mol. The number of aromatic nitrogens is 2. The molecule has 0 atom stereocenters. The maximum Gasteiger partial charge on any atom is 0.260 e. The summed E-state index contributed by atoms with van der Waals surface area (Å²) in [7, 11) is 0. The van der Waals surface area contributed by atoms with Gasteiger partial charge in [-0.25, -0.2) is 9.97 Å².